The molecule has 5 rings (SSSR count). The Kier molecular flexibility index (Phi) is 8.83. The fourth-order valence-corrected chi connectivity index (χ4v) is 6.48. The molecule has 1 amide bonds. The summed E-state index contributed by atoms with van der Waals surface area (Å²) < 4.78 is 36.3. The molecular formula is C30H26FN3O7S2. The average molecular weight is 624 g/mol. The van der Waals surface area contributed by atoms with Crippen LogP contribution in [-0.4, -0.2) is 55.4 Å². The summed E-state index contributed by atoms with van der Waals surface area (Å²) in [5.74, 6) is -0.842. The molecule has 1 saturated heterocycles. The first-order chi connectivity index (χ1) is 20.8. The Labute approximate surface area is 254 Å². The van der Waals surface area contributed by atoms with Crippen molar-refractivity contribution in [1.82, 2.24) is 10.2 Å². The maximum absolute atomic E-state index is 14.2. The first kappa shape index (κ1) is 29.9. The molecule has 222 valence electrons. The quantitative estimate of drug-likeness (QED) is 0.0782. The Balaban J connectivity index is 1.62. The Morgan fingerprint density at radius 3 is 2.23 bits per heavy atom. The minimum Gasteiger partial charge on any atom is -0.507 e. The van der Waals surface area contributed by atoms with Gasteiger partial charge in [-0.2, -0.15) is 0 Å². The number of hydrogen-bond donors (Lipinski definition) is 1. The zero-order valence-electron chi connectivity index (χ0n) is 23.5. The van der Waals surface area contributed by atoms with E-state index in [1.165, 1.54) is 51.2 Å². The van der Waals surface area contributed by atoms with Crippen molar-refractivity contribution in [2.24, 2.45) is 0 Å². The summed E-state index contributed by atoms with van der Waals surface area (Å²) >= 11 is 2.31. The molecule has 3 aromatic carbocycles. The van der Waals surface area contributed by atoms with E-state index in [1.54, 1.807) is 54.6 Å². The fourth-order valence-electron chi connectivity index (χ4n) is 4.62. The second-order valence-corrected chi connectivity index (χ2v) is 11.3. The van der Waals surface area contributed by atoms with Crippen molar-refractivity contribution in [3.8, 4) is 23.0 Å². The molecule has 1 atom stereocenters. The number of halogens is 1. The number of methoxy groups -OCH3 is 4. The van der Waals surface area contributed by atoms with Crippen LogP contribution in [0.4, 0.5) is 9.52 Å². The molecule has 0 saturated carbocycles. The fraction of sp³-hybridized carbons (Fsp3) is 0.200. The zero-order chi connectivity index (χ0) is 30.7. The molecule has 0 bridgehead atoms. The number of ketones is 1. The number of Topliss-reactive ketones (excluding diaryl/α,β-unsaturated/α-hetero) is 1. The molecule has 2 heterocycles. The number of amides is 1. The van der Waals surface area contributed by atoms with Crippen LogP contribution >= 0.6 is 23.1 Å². The molecule has 1 unspecified atom stereocenters. The monoisotopic (exact) mass is 623 g/mol. The number of carbonyl (C=O) groups is 2. The van der Waals surface area contributed by atoms with Crippen molar-refractivity contribution < 1.29 is 38.0 Å². The van der Waals surface area contributed by atoms with Gasteiger partial charge in [-0.05, 0) is 53.6 Å². The van der Waals surface area contributed by atoms with E-state index in [4.69, 9.17) is 18.9 Å². The number of thioether (sulfide) groups is 1. The van der Waals surface area contributed by atoms with Crippen molar-refractivity contribution >= 4 is 45.7 Å². The number of carbonyl (C=O) groups excluding carboxylic acids is 2. The van der Waals surface area contributed by atoms with Gasteiger partial charge in [0.05, 0.1) is 40.1 Å². The van der Waals surface area contributed by atoms with Crippen molar-refractivity contribution in [2.45, 2.75) is 16.1 Å². The van der Waals surface area contributed by atoms with Gasteiger partial charge in [-0.15, -0.1) is 10.2 Å². The molecule has 4 aromatic rings. The van der Waals surface area contributed by atoms with E-state index >= 15 is 0 Å². The Morgan fingerprint density at radius 1 is 0.953 bits per heavy atom. The van der Waals surface area contributed by atoms with Crippen molar-refractivity contribution in [3.63, 3.8) is 0 Å². The summed E-state index contributed by atoms with van der Waals surface area (Å²) in [6, 6.07) is 14.9. The van der Waals surface area contributed by atoms with Crippen LogP contribution in [0.5, 0.6) is 23.0 Å². The highest BCUT2D eigenvalue weighted by Crippen LogP contribution is 2.48. The van der Waals surface area contributed by atoms with Crippen LogP contribution in [0, 0.1) is 5.82 Å². The first-order valence-electron chi connectivity index (χ1n) is 12.8. The number of benzene rings is 3. The van der Waals surface area contributed by atoms with Gasteiger partial charge in [0.2, 0.25) is 10.9 Å². The third-order valence-corrected chi connectivity index (χ3v) is 8.83. The molecule has 0 radical (unpaired) electrons. The van der Waals surface area contributed by atoms with Gasteiger partial charge in [0.15, 0.2) is 15.8 Å². The molecule has 10 nitrogen and oxygen atoms in total. The Morgan fingerprint density at radius 2 is 1.63 bits per heavy atom. The van der Waals surface area contributed by atoms with Gasteiger partial charge in [0.25, 0.3) is 5.78 Å². The minimum absolute atomic E-state index is 0.116. The van der Waals surface area contributed by atoms with E-state index in [9.17, 15) is 19.1 Å². The lowest BCUT2D eigenvalue weighted by molar-refractivity contribution is -0.132. The van der Waals surface area contributed by atoms with Crippen molar-refractivity contribution in [3.05, 3.63) is 88.7 Å². The van der Waals surface area contributed by atoms with Gasteiger partial charge >= 0.3 is 5.91 Å². The number of aliphatic hydroxyl groups is 1. The second kappa shape index (κ2) is 12.7. The number of anilines is 1. The summed E-state index contributed by atoms with van der Waals surface area (Å²) in [4.78, 5) is 28.4. The van der Waals surface area contributed by atoms with Crippen LogP contribution in [0.15, 0.2) is 70.6 Å². The molecule has 0 aliphatic carbocycles. The predicted octanol–water partition coefficient (Wildman–Crippen LogP) is 5.63. The van der Waals surface area contributed by atoms with Gasteiger partial charge < -0.3 is 24.1 Å². The second-order valence-electron chi connectivity index (χ2n) is 9.09. The summed E-state index contributed by atoms with van der Waals surface area (Å²) in [7, 11) is 5.85. The number of rotatable bonds is 10. The normalized spacial score (nSPS) is 15.9. The lowest BCUT2D eigenvalue weighted by Gasteiger charge is -2.24. The van der Waals surface area contributed by atoms with Gasteiger partial charge in [-0.1, -0.05) is 41.3 Å². The molecule has 1 aliphatic rings. The third-order valence-electron chi connectivity index (χ3n) is 6.72. The van der Waals surface area contributed by atoms with Crippen LogP contribution in [0.25, 0.3) is 5.76 Å². The zero-order valence-corrected chi connectivity index (χ0v) is 25.1. The predicted molar refractivity (Wildman–Crippen MR) is 160 cm³/mol. The lowest BCUT2D eigenvalue weighted by atomic mass is 9.94. The highest BCUT2D eigenvalue weighted by molar-refractivity contribution is 8.00. The summed E-state index contributed by atoms with van der Waals surface area (Å²) in [5.41, 5.74) is 1.01. The standard InChI is InChI=1S/C30H26FN3O7S2/c1-38-19-11-9-16(10-12-19)25(35)23-24(18-13-21(39-2)27(41-4)22(14-18)40-3)34(28(37)26(23)36)29-32-33-30(43-29)42-15-17-7-5-6-8-20(17)31/h5-14,24,35H,15H2,1-4H3/b25-23-. The highest BCUT2D eigenvalue weighted by Gasteiger charge is 2.49. The molecule has 13 heteroatoms. The first-order valence-corrected chi connectivity index (χ1v) is 14.6. The SMILES string of the molecule is COc1ccc(/C(O)=C2/C(=O)C(=O)N(c3nnc(SCc4ccccc4F)s3)C2c2cc(OC)c(OC)c(OC)c2)cc1. The number of hydrogen-bond acceptors (Lipinski definition) is 11. The number of aromatic nitrogens is 2. The third kappa shape index (κ3) is 5.73. The Hall–Kier alpha value is -4.62. The largest absolute Gasteiger partial charge is 0.507 e. The van der Waals surface area contributed by atoms with E-state index in [0.717, 1.165) is 11.3 Å². The van der Waals surface area contributed by atoms with Gasteiger partial charge in [-0.3, -0.25) is 14.5 Å². The maximum Gasteiger partial charge on any atom is 0.301 e. The topological polar surface area (TPSA) is 120 Å². The van der Waals surface area contributed by atoms with Crippen LogP contribution in [0.1, 0.15) is 22.7 Å². The molecule has 1 N–H and O–H groups in total. The van der Waals surface area contributed by atoms with Crippen LogP contribution < -0.4 is 23.8 Å². The van der Waals surface area contributed by atoms with Gasteiger partial charge in [0.1, 0.15) is 17.3 Å². The lowest BCUT2D eigenvalue weighted by Crippen LogP contribution is -2.29. The molecule has 1 fully saturated rings. The van der Waals surface area contributed by atoms with Crippen molar-refractivity contribution in [2.75, 3.05) is 33.3 Å². The molecule has 1 aliphatic heterocycles. The summed E-state index contributed by atoms with van der Waals surface area (Å²) in [5, 5.41) is 19.9. The number of ether oxygens (including phenoxy) is 4. The summed E-state index contributed by atoms with van der Waals surface area (Å²) in [6.07, 6.45) is 0. The average Bonchev–Trinajstić information content (AvgIpc) is 3.61. The molecule has 1 aromatic heterocycles. The van der Waals surface area contributed by atoms with Crippen LogP contribution in [0.3, 0.4) is 0 Å². The van der Waals surface area contributed by atoms with E-state index in [-0.39, 0.29) is 39.5 Å². The highest BCUT2D eigenvalue weighted by atomic mass is 32.2. The number of aliphatic hydroxyl groups excluding tert-OH is 1. The number of nitrogens with zero attached hydrogens (tertiary/aromatic N) is 3. The van der Waals surface area contributed by atoms with Crippen LogP contribution in [0.2, 0.25) is 0 Å². The molecule has 43 heavy (non-hydrogen) atoms. The van der Waals surface area contributed by atoms with Crippen LogP contribution in [-0.2, 0) is 15.3 Å². The van der Waals surface area contributed by atoms with E-state index in [2.05, 4.69) is 10.2 Å². The molecular weight excluding hydrogens is 597 g/mol. The Bertz CT molecular complexity index is 1680. The van der Waals surface area contributed by atoms with E-state index < -0.39 is 17.7 Å². The van der Waals surface area contributed by atoms with Crippen molar-refractivity contribution in [1.29, 1.82) is 0 Å². The maximum atomic E-state index is 14.2. The van der Waals surface area contributed by atoms with Gasteiger partial charge in [-0.25, -0.2) is 4.39 Å². The smallest absolute Gasteiger partial charge is 0.301 e. The molecule has 0 spiro atoms. The van der Waals surface area contributed by atoms with Gasteiger partial charge in [0, 0.05) is 11.3 Å². The van der Waals surface area contributed by atoms with E-state index in [0.29, 0.717) is 32.5 Å². The van der Waals surface area contributed by atoms with E-state index in [1.807, 2.05) is 0 Å². The minimum atomic E-state index is -1.13. The summed E-state index contributed by atoms with van der Waals surface area (Å²) in [6.45, 7) is 0.